The number of carbonyl (C=O) groups excluding carboxylic acids is 8. The quantitative estimate of drug-likeness (QED) is 0.0276. The lowest BCUT2D eigenvalue weighted by molar-refractivity contribution is -0.145. The van der Waals surface area contributed by atoms with Gasteiger partial charge in [0.25, 0.3) is 0 Å². The van der Waals surface area contributed by atoms with E-state index in [1.165, 1.54) is 24.3 Å². The summed E-state index contributed by atoms with van der Waals surface area (Å²) in [5.74, 6) is -20.7. The van der Waals surface area contributed by atoms with Crippen LogP contribution in [0.15, 0.2) is 24.3 Å². The summed E-state index contributed by atoms with van der Waals surface area (Å²) in [7, 11) is 0. The van der Waals surface area contributed by atoms with Crippen molar-refractivity contribution in [3.8, 4) is 5.75 Å². The van der Waals surface area contributed by atoms with Crippen LogP contribution >= 0.6 is 0 Å². The minimum Gasteiger partial charge on any atom is -0.508 e. The molecule has 32 heteroatoms. The Hall–Kier alpha value is -8.52. The number of hydrogen-bond donors (Lipinski definition) is 18. The average Bonchev–Trinajstić information content (AvgIpc) is 3.31. The van der Waals surface area contributed by atoms with Crippen LogP contribution in [0.2, 0.25) is 0 Å². The molecule has 8 atom stereocenters. The van der Waals surface area contributed by atoms with E-state index >= 15 is 0 Å². The number of carboxylic acids is 6. The Bertz CT molecular complexity index is 2230. The van der Waals surface area contributed by atoms with Gasteiger partial charge in [-0.3, -0.25) is 67.1 Å². The summed E-state index contributed by atoms with van der Waals surface area (Å²) in [6, 6.07) is -10.0. The van der Waals surface area contributed by atoms with Crippen molar-refractivity contribution in [2.24, 2.45) is 17.2 Å². The van der Waals surface area contributed by atoms with Crippen molar-refractivity contribution in [3.63, 3.8) is 0 Å². The molecule has 0 aliphatic heterocycles. The Balaban J connectivity index is 3.52. The zero-order valence-electron chi connectivity index (χ0n) is 40.1. The van der Waals surface area contributed by atoms with E-state index < -0.39 is 170 Å². The predicted octanol–water partition coefficient (Wildman–Crippen LogP) is -6.51. The number of aliphatic carboxylic acids is 6. The highest BCUT2D eigenvalue weighted by Crippen LogP contribution is 2.13. The number of phenols is 1. The summed E-state index contributed by atoms with van der Waals surface area (Å²) in [4.78, 5) is 177. The second-order valence-corrected chi connectivity index (χ2v) is 16.6. The number of nitrogens with one attached hydrogen (secondary N) is 8. The number of rotatable bonds is 37. The van der Waals surface area contributed by atoms with Gasteiger partial charge in [0.05, 0.1) is 38.1 Å². The van der Waals surface area contributed by atoms with Gasteiger partial charge in [-0.1, -0.05) is 12.1 Å². The lowest BCUT2D eigenvalue weighted by atomic mass is 10.0. The van der Waals surface area contributed by atoms with Crippen molar-refractivity contribution in [1.29, 1.82) is 0 Å². The molecule has 8 amide bonds. The van der Waals surface area contributed by atoms with Gasteiger partial charge < -0.3 is 95.5 Å². The molecule has 1 aromatic carbocycles. The van der Waals surface area contributed by atoms with Gasteiger partial charge in [-0.25, -0.2) is 0 Å². The van der Waals surface area contributed by atoms with Gasteiger partial charge in [0.15, 0.2) is 0 Å². The molecule has 0 bridgehead atoms. The molecule has 1 rings (SSSR count). The van der Waals surface area contributed by atoms with Crippen molar-refractivity contribution in [2.45, 2.75) is 125 Å². The van der Waals surface area contributed by atoms with Gasteiger partial charge >= 0.3 is 35.8 Å². The Morgan fingerprint density at radius 3 is 1.03 bits per heavy atom. The molecule has 32 nitrogen and oxygen atoms in total. The van der Waals surface area contributed by atoms with Gasteiger partial charge in [0, 0.05) is 6.42 Å². The minimum atomic E-state index is -2.30. The van der Waals surface area contributed by atoms with Crippen LogP contribution in [0.25, 0.3) is 0 Å². The van der Waals surface area contributed by atoms with E-state index in [2.05, 4.69) is 21.3 Å². The first kappa shape index (κ1) is 64.5. The van der Waals surface area contributed by atoms with Crippen molar-refractivity contribution >= 4 is 83.1 Å². The third-order valence-electron chi connectivity index (χ3n) is 10.4. The first-order valence-corrected chi connectivity index (χ1v) is 22.8. The molecule has 0 aromatic heterocycles. The maximum absolute atomic E-state index is 13.9. The summed E-state index contributed by atoms with van der Waals surface area (Å²) < 4.78 is 0. The first-order valence-electron chi connectivity index (χ1n) is 22.8. The van der Waals surface area contributed by atoms with E-state index in [-0.39, 0.29) is 57.4 Å². The molecule has 0 saturated carbocycles. The molecule has 0 spiro atoms. The molecule has 416 valence electrons. The molecule has 21 N–H and O–H groups in total. The number of aromatic hydroxyl groups is 1. The van der Waals surface area contributed by atoms with Crippen LogP contribution in [0.3, 0.4) is 0 Å². The number of hydrogen-bond acceptors (Lipinski definition) is 18. The predicted molar refractivity (Wildman–Crippen MR) is 251 cm³/mol. The molecule has 0 radical (unpaired) electrons. The second kappa shape index (κ2) is 33.3. The van der Waals surface area contributed by atoms with Crippen LogP contribution in [0.1, 0.15) is 76.2 Å². The normalized spacial score (nSPS) is 14.0. The molecule has 0 aliphatic rings. The maximum atomic E-state index is 13.9. The van der Waals surface area contributed by atoms with E-state index in [9.17, 15) is 92.7 Å². The van der Waals surface area contributed by atoms with E-state index in [1.54, 1.807) is 0 Å². The highest BCUT2D eigenvalue weighted by Gasteiger charge is 2.37. The fourth-order valence-corrected chi connectivity index (χ4v) is 6.62. The van der Waals surface area contributed by atoms with Crippen LogP contribution < -0.4 is 59.7 Å². The van der Waals surface area contributed by atoms with Crippen molar-refractivity contribution in [3.05, 3.63) is 29.8 Å². The third kappa shape index (κ3) is 26.1. The summed E-state index contributed by atoms with van der Waals surface area (Å²) in [6.45, 7) is -0.650. The number of amides is 8. The maximum Gasteiger partial charge on any atom is 0.322 e. The van der Waals surface area contributed by atoms with Gasteiger partial charge in [-0.05, 0) is 69.3 Å². The lowest BCUT2D eigenvalue weighted by Crippen LogP contribution is -2.61. The number of unbranched alkanes of at least 4 members (excludes halogenated alkanes) is 2. The van der Waals surface area contributed by atoms with E-state index in [4.69, 9.17) is 27.4 Å². The Kier molecular flexibility index (Phi) is 28.6. The molecule has 0 heterocycles. The topological polar surface area (TPSA) is 555 Å². The minimum absolute atomic E-state index is 0.0850. The molecule has 1 aromatic rings. The second-order valence-electron chi connectivity index (χ2n) is 16.6. The van der Waals surface area contributed by atoms with Crippen LogP contribution in [0, 0.1) is 0 Å². The number of phenolic OH excluding ortho intramolecular Hbond substituents is 1. The van der Waals surface area contributed by atoms with Crippen LogP contribution in [0.4, 0.5) is 0 Å². The fraction of sp³-hybridized carbons (Fsp3) is 0.535. The average molecular weight is 1070 g/mol. The molecule has 0 fully saturated rings. The van der Waals surface area contributed by atoms with E-state index in [1.807, 2.05) is 21.3 Å². The monoisotopic (exact) mass is 1070 g/mol. The zero-order chi connectivity index (χ0) is 56.9. The Morgan fingerprint density at radius 1 is 0.387 bits per heavy atom. The summed E-state index contributed by atoms with van der Waals surface area (Å²) in [6.07, 6.45) is -5.88. The third-order valence-corrected chi connectivity index (χ3v) is 10.4. The van der Waals surface area contributed by atoms with Crippen LogP contribution in [0.5, 0.6) is 5.75 Å². The highest BCUT2D eigenvalue weighted by molar-refractivity contribution is 6.00. The van der Waals surface area contributed by atoms with Crippen molar-refractivity contribution in [2.75, 3.05) is 19.6 Å². The van der Waals surface area contributed by atoms with Gasteiger partial charge in [0.1, 0.15) is 54.6 Å². The highest BCUT2D eigenvalue weighted by atomic mass is 16.4. The molecular formula is C43H63N11O21. The van der Waals surface area contributed by atoms with Crippen LogP contribution in [-0.4, -0.2) is 187 Å². The fourth-order valence-electron chi connectivity index (χ4n) is 6.62. The van der Waals surface area contributed by atoms with Gasteiger partial charge in [0.2, 0.25) is 47.3 Å². The Labute approximate surface area is 425 Å². The number of nitrogens with two attached hydrogens (primary N) is 3. The molecule has 0 aliphatic carbocycles. The largest absolute Gasteiger partial charge is 0.508 e. The van der Waals surface area contributed by atoms with E-state index in [0.717, 1.165) is 0 Å². The van der Waals surface area contributed by atoms with E-state index in [0.29, 0.717) is 12.0 Å². The van der Waals surface area contributed by atoms with Crippen molar-refractivity contribution in [1.82, 2.24) is 42.5 Å². The molecule has 0 unspecified atom stereocenters. The number of carbonyl (C=O) groups is 14. The smallest absolute Gasteiger partial charge is 0.322 e. The van der Waals surface area contributed by atoms with Gasteiger partial charge in [-0.2, -0.15) is 0 Å². The van der Waals surface area contributed by atoms with Gasteiger partial charge in [-0.15, -0.1) is 0 Å². The molecule has 75 heavy (non-hydrogen) atoms. The van der Waals surface area contributed by atoms with Crippen molar-refractivity contribution < 1.29 is 103 Å². The standard InChI is InChI=1S/C43H63N11O21/c44-11-3-1-5-23(37(69)47-19-35(66)67)48-40(72)26(15-31(58)59)52-42(74)28(17-33(62)63)54-43(75)29(18-34(64)65)53-41(73)27(16-32(60)61)51-38(70)24(6-2-4-12-45)49-39(71)25(13-20-7-9-21(55)10-8-20)50-36(68)22(46)14-30(56)57/h7-10,22-29,55H,1-6,11-19,44-46H2,(H,47,69)(H,48,72)(H,49,71)(H,50,68)(H,51,70)(H,52,74)(H,53,73)(H,54,75)(H,56,57)(H,58,59)(H,60,61)(H,62,63)(H,64,65)(H,66,67)/t22-,23-,24-,25-,26-,27-,28-,29-/m0/s1. The molecule has 0 saturated heterocycles. The SMILES string of the molecule is NCCCC[C@H](NC(=O)[C@H](CC(=O)O)NC(=O)[C@H](CC(=O)O)NC(=O)[C@H](CC(=O)O)NC(=O)[C@H](CC(=O)O)NC(=O)[C@H](CCCCN)NC(=O)[C@H](Cc1ccc(O)cc1)NC(=O)[C@@H](N)CC(=O)O)C(=O)NCC(=O)O. The summed E-state index contributed by atoms with van der Waals surface area (Å²) >= 11 is 0. The lowest BCUT2D eigenvalue weighted by Gasteiger charge is -2.27. The zero-order valence-corrected chi connectivity index (χ0v) is 40.1. The van der Waals surface area contributed by atoms with Crippen LogP contribution in [-0.2, 0) is 73.5 Å². The number of carboxylic acid groups (broad SMARTS) is 6. The number of benzene rings is 1. The first-order chi connectivity index (χ1) is 35.2. The summed E-state index contributed by atoms with van der Waals surface area (Å²) in [5.41, 5.74) is 17.1. The summed E-state index contributed by atoms with van der Waals surface area (Å²) in [5, 5.41) is 82.9. The Morgan fingerprint density at radius 2 is 0.693 bits per heavy atom. The molecular weight excluding hydrogens is 1010 g/mol.